The highest BCUT2D eigenvalue weighted by Crippen LogP contribution is 2.43. The van der Waals surface area contributed by atoms with Crippen LogP contribution in [0.3, 0.4) is 0 Å². The zero-order valence-corrected chi connectivity index (χ0v) is 24.1. The molecule has 12 nitrogen and oxygen atoms in total. The number of phenolic OH excluding ortho intramolecular Hbond substituents is 1. The fourth-order valence-electron chi connectivity index (χ4n) is 4.70. The monoisotopic (exact) mass is 605 g/mol. The molecule has 1 saturated heterocycles. The second kappa shape index (κ2) is 13.8. The number of hydrogen-bond acceptors (Lipinski definition) is 10. The van der Waals surface area contributed by atoms with Crippen LogP contribution < -0.4 is 5.32 Å². The molecule has 1 amide bonds. The van der Waals surface area contributed by atoms with Crippen molar-refractivity contribution in [2.45, 2.75) is 50.0 Å². The van der Waals surface area contributed by atoms with Crippen LogP contribution in [-0.2, 0) is 25.7 Å². The van der Waals surface area contributed by atoms with Crippen molar-refractivity contribution in [2.75, 3.05) is 11.1 Å². The average Bonchev–Trinajstić information content (AvgIpc) is 3.49. The number of aliphatic carboxylic acids is 1. The van der Waals surface area contributed by atoms with E-state index in [9.17, 15) is 19.8 Å². The number of hydrogen-bond donors (Lipinski definition) is 4. The smallest absolute Gasteiger partial charge is 0.303 e. The molecule has 0 bridgehead atoms. The standard InChI is InChI=1S/C30H31N5O7S/c1-18-25(17-43-30-32-33-34-35(30)23-9-11-24(37)12-10-23)41-29(42-28(18)20-7-5-19(16-36)6-8-20)21-3-2-4-22(15-21)31-26(38)13-14-27(39)40/h2-12,15,18,25,28-29,36-37H,13-14,16-17H2,1H3,(H,31,38)(H,39,40)/t18-,25+,28+,29+/m1/s1. The SMILES string of the molecule is C[C@@H]1[C@H](CSc2nnnn2-c2ccc(O)cc2)O[C@H](c2cccc(NC(=O)CCC(=O)O)c2)O[C@@H]1c1ccc(CO)cc1. The van der Waals surface area contributed by atoms with Crippen molar-refractivity contribution in [3.05, 3.63) is 89.5 Å². The van der Waals surface area contributed by atoms with E-state index in [1.807, 2.05) is 37.3 Å². The zero-order chi connectivity index (χ0) is 30.3. The van der Waals surface area contributed by atoms with Crippen LogP contribution in [0.1, 0.15) is 48.8 Å². The Hall–Kier alpha value is -4.30. The molecule has 0 spiro atoms. The molecule has 4 aromatic rings. The maximum Gasteiger partial charge on any atom is 0.303 e. The Morgan fingerprint density at radius 2 is 1.77 bits per heavy atom. The van der Waals surface area contributed by atoms with E-state index >= 15 is 0 Å². The molecule has 224 valence electrons. The first-order valence-corrected chi connectivity index (χ1v) is 14.6. The Kier molecular flexibility index (Phi) is 9.67. The van der Waals surface area contributed by atoms with Crippen molar-refractivity contribution in [3.63, 3.8) is 0 Å². The summed E-state index contributed by atoms with van der Waals surface area (Å²) in [4.78, 5) is 23.1. The van der Waals surface area contributed by atoms with Crippen LogP contribution in [0.5, 0.6) is 5.75 Å². The van der Waals surface area contributed by atoms with Crippen LogP contribution in [0, 0.1) is 5.92 Å². The molecule has 1 aliphatic rings. The van der Waals surface area contributed by atoms with Gasteiger partial charge in [-0.1, -0.05) is 55.1 Å². The van der Waals surface area contributed by atoms with Crippen molar-refractivity contribution in [3.8, 4) is 11.4 Å². The number of carbonyl (C=O) groups excluding carboxylic acids is 1. The summed E-state index contributed by atoms with van der Waals surface area (Å²) in [6.07, 6.45) is -1.82. The van der Waals surface area contributed by atoms with Gasteiger partial charge < -0.3 is 30.1 Å². The molecule has 0 radical (unpaired) electrons. The molecule has 3 aromatic carbocycles. The van der Waals surface area contributed by atoms with E-state index in [0.717, 1.165) is 11.1 Å². The number of anilines is 1. The van der Waals surface area contributed by atoms with Crippen molar-refractivity contribution in [1.82, 2.24) is 20.2 Å². The normalized spacial score (nSPS) is 20.0. The van der Waals surface area contributed by atoms with Crippen LogP contribution in [0.4, 0.5) is 5.69 Å². The van der Waals surface area contributed by atoms with Gasteiger partial charge >= 0.3 is 5.97 Å². The number of nitrogens with zero attached hydrogens (tertiary/aromatic N) is 4. The van der Waals surface area contributed by atoms with E-state index in [1.54, 1.807) is 47.1 Å². The van der Waals surface area contributed by atoms with E-state index < -0.39 is 18.2 Å². The lowest BCUT2D eigenvalue weighted by atomic mass is 9.91. The molecule has 43 heavy (non-hydrogen) atoms. The maximum atomic E-state index is 12.2. The number of benzene rings is 3. The lowest BCUT2D eigenvalue weighted by Crippen LogP contribution is -2.38. The summed E-state index contributed by atoms with van der Waals surface area (Å²) in [5.41, 5.74) is 3.61. The third-order valence-corrected chi connectivity index (χ3v) is 8.05. The predicted octanol–water partition coefficient (Wildman–Crippen LogP) is 4.25. The van der Waals surface area contributed by atoms with Crippen LogP contribution in [-0.4, -0.2) is 59.3 Å². The number of aliphatic hydroxyl groups excluding tert-OH is 1. The van der Waals surface area contributed by atoms with Gasteiger partial charge in [-0.2, -0.15) is 4.68 Å². The van der Waals surface area contributed by atoms with Gasteiger partial charge in [0, 0.05) is 29.3 Å². The second-order valence-corrected chi connectivity index (χ2v) is 11.1. The van der Waals surface area contributed by atoms with Crippen LogP contribution >= 0.6 is 11.8 Å². The Morgan fingerprint density at radius 3 is 2.49 bits per heavy atom. The Balaban J connectivity index is 1.37. The van der Waals surface area contributed by atoms with E-state index in [0.29, 0.717) is 27.8 Å². The van der Waals surface area contributed by atoms with Crippen LogP contribution in [0.15, 0.2) is 78.0 Å². The Morgan fingerprint density at radius 1 is 1.00 bits per heavy atom. The number of carboxylic acid groups (broad SMARTS) is 1. The first kappa shape index (κ1) is 30.2. The second-order valence-electron chi connectivity index (χ2n) is 10.1. The molecule has 1 aliphatic heterocycles. The zero-order valence-electron chi connectivity index (χ0n) is 23.2. The quantitative estimate of drug-likeness (QED) is 0.180. The molecule has 4 atom stereocenters. The largest absolute Gasteiger partial charge is 0.508 e. The van der Waals surface area contributed by atoms with Crippen molar-refractivity contribution >= 4 is 29.3 Å². The highest BCUT2D eigenvalue weighted by Gasteiger charge is 2.38. The van der Waals surface area contributed by atoms with Gasteiger partial charge in [0.05, 0.1) is 30.9 Å². The van der Waals surface area contributed by atoms with E-state index in [2.05, 4.69) is 20.8 Å². The number of aromatic hydroxyl groups is 1. The molecule has 4 N–H and O–H groups in total. The number of aromatic nitrogens is 4. The van der Waals surface area contributed by atoms with Gasteiger partial charge in [0.2, 0.25) is 11.1 Å². The summed E-state index contributed by atoms with van der Waals surface area (Å²) in [5.74, 6) is -0.887. The van der Waals surface area contributed by atoms with Gasteiger partial charge in [-0.25, -0.2) is 0 Å². The number of nitrogens with one attached hydrogen (secondary N) is 1. The van der Waals surface area contributed by atoms with Gasteiger partial charge in [0.25, 0.3) is 0 Å². The molecule has 1 fully saturated rings. The van der Waals surface area contributed by atoms with Gasteiger partial charge in [-0.05, 0) is 58.0 Å². The fourth-order valence-corrected chi connectivity index (χ4v) is 5.75. The molecule has 1 aromatic heterocycles. The lowest BCUT2D eigenvalue weighted by Gasteiger charge is -2.41. The number of thioether (sulfide) groups is 1. The fraction of sp³-hybridized carbons (Fsp3) is 0.300. The molecule has 2 heterocycles. The van der Waals surface area contributed by atoms with Gasteiger partial charge in [-0.15, -0.1) is 5.10 Å². The number of tetrazole rings is 1. The van der Waals surface area contributed by atoms with Crippen LogP contribution in [0.25, 0.3) is 5.69 Å². The minimum atomic E-state index is -1.04. The molecular formula is C30H31N5O7S. The highest BCUT2D eigenvalue weighted by molar-refractivity contribution is 7.99. The topological polar surface area (TPSA) is 169 Å². The lowest BCUT2D eigenvalue weighted by molar-refractivity contribution is -0.268. The summed E-state index contributed by atoms with van der Waals surface area (Å²) >= 11 is 1.43. The molecule has 5 rings (SSSR count). The highest BCUT2D eigenvalue weighted by atomic mass is 32.2. The third-order valence-electron chi connectivity index (χ3n) is 7.04. The number of phenols is 1. The number of carbonyl (C=O) groups is 2. The maximum absolute atomic E-state index is 12.2. The summed E-state index contributed by atoms with van der Waals surface area (Å²) < 4.78 is 14.6. The molecule has 13 heteroatoms. The van der Waals surface area contributed by atoms with E-state index in [-0.39, 0.29) is 43.3 Å². The van der Waals surface area contributed by atoms with Gasteiger partial charge in [0.1, 0.15) is 5.75 Å². The first-order valence-electron chi connectivity index (χ1n) is 13.6. The molecule has 0 aliphatic carbocycles. The van der Waals surface area contributed by atoms with Gasteiger partial charge in [0.15, 0.2) is 6.29 Å². The van der Waals surface area contributed by atoms with E-state index in [4.69, 9.17) is 14.6 Å². The summed E-state index contributed by atoms with van der Waals surface area (Å²) in [7, 11) is 0. The Bertz CT molecular complexity index is 1550. The minimum absolute atomic E-state index is 0.0624. The van der Waals surface area contributed by atoms with Crippen molar-refractivity contribution in [2.24, 2.45) is 5.92 Å². The third kappa shape index (κ3) is 7.56. The number of rotatable bonds is 11. The molecule has 0 unspecified atom stereocenters. The summed E-state index contributed by atoms with van der Waals surface area (Å²) in [6, 6.07) is 21.2. The Labute approximate surface area is 251 Å². The summed E-state index contributed by atoms with van der Waals surface area (Å²) in [5, 5.41) is 43.4. The van der Waals surface area contributed by atoms with Crippen molar-refractivity contribution in [1.29, 1.82) is 0 Å². The molecular weight excluding hydrogens is 574 g/mol. The van der Waals surface area contributed by atoms with E-state index in [1.165, 1.54) is 11.8 Å². The number of aliphatic hydroxyl groups is 1. The van der Waals surface area contributed by atoms with Crippen molar-refractivity contribution < 1.29 is 34.4 Å². The predicted molar refractivity (Wildman–Crippen MR) is 156 cm³/mol. The number of amides is 1. The first-order chi connectivity index (χ1) is 20.8. The average molecular weight is 606 g/mol. The number of ether oxygens (including phenoxy) is 2. The minimum Gasteiger partial charge on any atom is -0.508 e. The summed E-state index contributed by atoms with van der Waals surface area (Å²) in [6.45, 7) is 1.99. The van der Waals surface area contributed by atoms with Crippen LogP contribution in [0.2, 0.25) is 0 Å². The number of carboxylic acids is 1. The van der Waals surface area contributed by atoms with Gasteiger partial charge in [-0.3, -0.25) is 9.59 Å². The molecule has 0 saturated carbocycles.